The van der Waals surface area contributed by atoms with Gasteiger partial charge >= 0.3 is 5.69 Å². The smallest absolute Gasteiger partial charge is 0.311 e. The van der Waals surface area contributed by atoms with Gasteiger partial charge in [-0.15, -0.1) is 0 Å². The number of hydrogen-bond acceptors (Lipinski definition) is 11. The van der Waals surface area contributed by atoms with Gasteiger partial charge in [0.05, 0.1) is 24.8 Å². The standard InChI is InChI=1S/C19H28N4O3.C19H32N4O/c1-4-15-13-18(23(24)25)19(26-3)14-17(15)22-7-5-16(6-8-22)21-11-9-20(2)10-12-21;1-4-15-13-17(20)19(24-3)14-18(15)23-7-5-16(6-8-23)22-11-9-21(2)10-12-22/h4,13-14,16H,1,5-12H2,2-3H3;13-14,16H,4-12,20H2,1-3H3. The van der Waals surface area contributed by atoms with Crippen molar-refractivity contribution >= 4 is 28.8 Å². The molecule has 0 spiro atoms. The van der Waals surface area contributed by atoms with E-state index in [1.165, 1.54) is 57.4 Å². The Morgan fingerprint density at radius 3 is 1.64 bits per heavy atom. The Labute approximate surface area is 299 Å². The van der Waals surface area contributed by atoms with Crippen LogP contribution in [0.2, 0.25) is 0 Å². The summed E-state index contributed by atoms with van der Waals surface area (Å²) < 4.78 is 10.7. The second-order valence-electron chi connectivity index (χ2n) is 14.2. The van der Waals surface area contributed by atoms with Crippen molar-refractivity contribution in [2.45, 2.75) is 51.1 Å². The number of methoxy groups -OCH3 is 2. The van der Waals surface area contributed by atoms with Gasteiger partial charge < -0.3 is 34.8 Å². The second-order valence-corrected chi connectivity index (χ2v) is 14.2. The third kappa shape index (κ3) is 9.01. The highest BCUT2D eigenvalue weighted by Crippen LogP contribution is 2.37. The lowest BCUT2D eigenvalue weighted by Gasteiger charge is -2.43. The van der Waals surface area contributed by atoms with Crippen LogP contribution in [-0.4, -0.2) is 143 Å². The monoisotopic (exact) mass is 692 g/mol. The maximum absolute atomic E-state index is 11.2. The molecule has 0 unspecified atom stereocenters. The molecule has 4 saturated heterocycles. The minimum atomic E-state index is -0.408. The molecule has 0 atom stereocenters. The number of aryl methyl sites for hydroxylation is 1. The maximum atomic E-state index is 11.2. The number of nitro groups is 1. The van der Waals surface area contributed by atoms with Crippen molar-refractivity contribution in [3.05, 3.63) is 52.1 Å². The van der Waals surface area contributed by atoms with Gasteiger partial charge in [0.25, 0.3) is 0 Å². The molecule has 4 heterocycles. The number of ether oxygens (including phenoxy) is 2. The van der Waals surface area contributed by atoms with Gasteiger partial charge in [-0.2, -0.15) is 0 Å². The first-order valence-electron chi connectivity index (χ1n) is 18.5. The number of benzene rings is 2. The van der Waals surface area contributed by atoms with Crippen molar-refractivity contribution in [3.63, 3.8) is 0 Å². The molecule has 12 nitrogen and oxygen atoms in total. The molecule has 0 amide bonds. The summed E-state index contributed by atoms with van der Waals surface area (Å²) >= 11 is 0. The first kappa shape index (κ1) is 37.7. The highest BCUT2D eigenvalue weighted by Gasteiger charge is 2.30. The summed E-state index contributed by atoms with van der Waals surface area (Å²) in [6.07, 6.45) is 7.41. The topological polar surface area (TPSA) is 107 Å². The van der Waals surface area contributed by atoms with Gasteiger partial charge in [-0.05, 0) is 57.8 Å². The van der Waals surface area contributed by atoms with E-state index in [0.717, 1.165) is 100 Å². The average molecular weight is 693 g/mol. The zero-order valence-corrected chi connectivity index (χ0v) is 31.1. The molecule has 276 valence electrons. The van der Waals surface area contributed by atoms with Crippen LogP contribution in [0.5, 0.6) is 11.5 Å². The van der Waals surface area contributed by atoms with Crippen LogP contribution in [-0.2, 0) is 6.42 Å². The van der Waals surface area contributed by atoms with Crippen LogP contribution in [0.15, 0.2) is 30.8 Å². The lowest BCUT2D eigenvalue weighted by molar-refractivity contribution is -0.385. The molecule has 4 fully saturated rings. The minimum absolute atomic E-state index is 0.0153. The molecule has 0 radical (unpaired) electrons. The van der Waals surface area contributed by atoms with Crippen LogP contribution in [0.1, 0.15) is 43.7 Å². The third-order valence-corrected chi connectivity index (χ3v) is 11.3. The first-order chi connectivity index (χ1) is 24.1. The molecule has 0 bridgehead atoms. The number of rotatable bonds is 9. The second kappa shape index (κ2) is 17.6. The molecule has 4 aliphatic rings. The molecule has 0 saturated carbocycles. The fourth-order valence-corrected chi connectivity index (χ4v) is 8.02. The summed E-state index contributed by atoms with van der Waals surface area (Å²) in [6, 6.07) is 8.94. The number of nitro benzene ring substituents is 1. The van der Waals surface area contributed by atoms with Gasteiger partial charge in [-0.3, -0.25) is 19.9 Å². The molecule has 4 aliphatic heterocycles. The predicted octanol–water partition coefficient (Wildman–Crippen LogP) is 4.52. The van der Waals surface area contributed by atoms with Gasteiger partial charge in [0, 0.05) is 126 Å². The Morgan fingerprint density at radius 1 is 0.760 bits per heavy atom. The summed E-state index contributed by atoms with van der Waals surface area (Å²) in [5.74, 6) is 1.10. The van der Waals surface area contributed by atoms with E-state index in [1.54, 1.807) is 25.3 Å². The van der Waals surface area contributed by atoms with E-state index < -0.39 is 4.92 Å². The number of nitrogen functional groups attached to an aromatic ring is 1. The van der Waals surface area contributed by atoms with Crippen molar-refractivity contribution in [3.8, 4) is 11.5 Å². The van der Waals surface area contributed by atoms with Gasteiger partial charge in [-0.1, -0.05) is 19.6 Å². The highest BCUT2D eigenvalue weighted by molar-refractivity contribution is 5.73. The van der Waals surface area contributed by atoms with Gasteiger partial charge in [0.1, 0.15) is 5.75 Å². The molecule has 2 aromatic carbocycles. The van der Waals surface area contributed by atoms with E-state index in [-0.39, 0.29) is 5.69 Å². The molecular weight excluding hydrogens is 632 g/mol. The van der Waals surface area contributed by atoms with Crippen LogP contribution in [0, 0.1) is 10.1 Å². The summed E-state index contributed by atoms with van der Waals surface area (Å²) in [6.45, 7) is 19.6. The van der Waals surface area contributed by atoms with Crippen molar-refractivity contribution < 1.29 is 14.4 Å². The summed E-state index contributed by atoms with van der Waals surface area (Å²) in [7, 11) is 7.57. The molecule has 0 aromatic heterocycles. The maximum Gasteiger partial charge on any atom is 0.311 e. The number of likely N-dealkylation sites (N-methyl/N-ethyl adjacent to an activating group) is 2. The molecule has 0 aliphatic carbocycles. The van der Waals surface area contributed by atoms with Crippen LogP contribution in [0.3, 0.4) is 0 Å². The zero-order valence-electron chi connectivity index (χ0n) is 31.1. The summed E-state index contributed by atoms with van der Waals surface area (Å²) in [4.78, 5) is 25.8. The summed E-state index contributed by atoms with van der Waals surface area (Å²) in [5.41, 5.74) is 11.2. The van der Waals surface area contributed by atoms with Gasteiger partial charge in [-0.25, -0.2) is 0 Å². The molecule has 2 aromatic rings. The lowest BCUT2D eigenvalue weighted by Crippen LogP contribution is -2.52. The van der Waals surface area contributed by atoms with Crippen LogP contribution in [0.25, 0.3) is 6.08 Å². The number of hydrogen-bond donors (Lipinski definition) is 1. The number of piperazine rings is 2. The number of nitrogens with zero attached hydrogens (tertiary/aromatic N) is 7. The first-order valence-corrected chi connectivity index (χ1v) is 18.5. The lowest BCUT2D eigenvalue weighted by atomic mass is 9.99. The summed E-state index contributed by atoms with van der Waals surface area (Å²) in [5, 5.41) is 11.2. The van der Waals surface area contributed by atoms with E-state index >= 15 is 0 Å². The normalized spacial score (nSPS) is 20.7. The van der Waals surface area contributed by atoms with Crippen LogP contribution in [0.4, 0.5) is 22.7 Å². The molecular formula is C38H60N8O4. The average Bonchev–Trinajstić information content (AvgIpc) is 3.15. The van der Waals surface area contributed by atoms with Crippen molar-refractivity contribution in [1.82, 2.24) is 19.6 Å². The Hall–Kier alpha value is -3.58. The van der Waals surface area contributed by atoms with Crippen LogP contribution >= 0.6 is 0 Å². The number of nitrogens with two attached hydrogens (primary N) is 1. The van der Waals surface area contributed by atoms with Gasteiger partial charge in [0.2, 0.25) is 0 Å². The van der Waals surface area contributed by atoms with Crippen LogP contribution < -0.4 is 25.0 Å². The predicted molar refractivity (Wildman–Crippen MR) is 205 cm³/mol. The Morgan fingerprint density at radius 2 is 1.22 bits per heavy atom. The quantitative estimate of drug-likeness (QED) is 0.228. The number of anilines is 3. The Balaban J connectivity index is 0.000000195. The number of piperidine rings is 2. The fraction of sp³-hybridized carbons (Fsp3) is 0.632. The molecule has 12 heteroatoms. The van der Waals surface area contributed by atoms with E-state index in [0.29, 0.717) is 11.8 Å². The van der Waals surface area contributed by atoms with E-state index in [1.807, 2.05) is 0 Å². The molecule has 50 heavy (non-hydrogen) atoms. The minimum Gasteiger partial charge on any atom is -0.495 e. The zero-order chi connectivity index (χ0) is 35.8. The SMILES string of the molecule is C=Cc1cc([N+](=O)[O-])c(OC)cc1N1CCC(N2CCN(C)CC2)CC1.CCc1cc(N)c(OC)cc1N1CCC(N2CCN(C)CC2)CC1. The van der Waals surface area contributed by atoms with E-state index in [9.17, 15) is 10.1 Å². The van der Waals surface area contributed by atoms with Gasteiger partial charge in [0.15, 0.2) is 5.75 Å². The fourth-order valence-electron chi connectivity index (χ4n) is 8.02. The third-order valence-electron chi connectivity index (χ3n) is 11.3. The van der Waals surface area contributed by atoms with Crippen molar-refractivity contribution in [2.24, 2.45) is 0 Å². The van der Waals surface area contributed by atoms with Crippen molar-refractivity contribution in [1.29, 1.82) is 0 Å². The molecule has 6 rings (SSSR count). The van der Waals surface area contributed by atoms with E-state index in [2.05, 4.69) is 69.1 Å². The Kier molecular flexibility index (Phi) is 13.2. The van der Waals surface area contributed by atoms with Crippen molar-refractivity contribution in [2.75, 3.05) is 122 Å². The molecule has 2 N–H and O–H groups in total. The van der Waals surface area contributed by atoms with E-state index in [4.69, 9.17) is 15.2 Å². The highest BCUT2D eigenvalue weighted by atomic mass is 16.6. The largest absolute Gasteiger partial charge is 0.495 e. The Bertz CT molecular complexity index is 1420.